The molecule has 224 valence electrons. The first-order valence-electron chi connectivity index (χ1n) is 13.8. The number of anilines is 1. The lowest BCUT2D eigenvalue weighted by atomic mass is 9.91. The Labute approximate surface area is 256 Å². The van der Waals surface area contributed by atoms with Crippen LogP contribution < -0.4 is 5.32 Å². The fourth-order valence-corrected chi connectivity index (χ4v) is 7.93. The lowest BCUT2D eigenvalue weighted by Gasteiger charge is -2.31. The Kier molecular flexibility index (Phi) is 9.26. The molecule has 1 saturated heterocycles. The van der Waals surface area contributed by atoms with Gasteiger partial charge in [0.05, 0.1) is 21.9 Å². The normalized spacial score (nSPS) is 14.8. The predicted octanol–water partition coefficient (Wildman–Crippen LogP) is 5.31. The van der Waals surface area contributed by atoms with Crippen LogP contribution in [0.4, 0.5) is 5.69 Å². The highest BCUT2D eigenvalue weighted by Gasteiger charge is 2.29. The highest BCUT2D eigenvalue weighted by Crippen LogP contribution is 2.27. The number of hydrogen-bond acceptors (Lipinski definition) is 7. The third-order valence-electron chi connectivity index (χ3n) is 7.35. The van der Waals surface area contributed by atoms with Gasteiger partial charge in [0, 0.05) is 18.8 Å². The summed E-state index contributed by atoms with van der Waals surface area (Å²) >= 11 is 6.15. The second kappa shape index (κ2) is 12.9. The van der Waals surface area contributed by atoms with Gasteiger partial charge < -0.3 is 5.32 Å². The number of nitrogens with zero attached hydrogens (tertiary/aromatic N) is 3. The molecule has 9 nitrogen and oxygen atoms in total. The van der Waals surface area contributed by atoms with Crippen LogP contribution >= 0.6 is 11.6 Å². The van der Waals surface area contributed by atoms with Gasteiger partial charge in [-0.15, -0.1) is 0 Å². The number of halogens is 1. The minimum atomic E-state index is -3.96. The van der Waals surface area contributed by atoms with Gasteiger partial charge in [0.15, 0.2) is 5.69 Å². The van der Waals surface area contributed by atoms with Crippen molar-refractivity contribution >= 4 is 43.1 Å². The van der Waals surface area contributed by atoms with Crippen LogP contribution in [-0.2, 0) is 32.0 Å². The zero-order valence-electron chi connectivity index (χ0n) is 23.5. The van der Waals surface area contributed by atoms with E-state index in [1.54, 1.807) is 18.2 Å². The average molecular weight is 639 g/mol. The van der Waals surface area contributed by atoms with Crippen LogP contribution in [0.3, 0.4) is 0 Å². The Morgan fingerprint density at radius 2 is 1.60 bits per heavy atom. The maximum absolute atomic E-state index is 13.3. The van der Waals surface area contributed by atoms with Crippen LogP contribution in [0.15, 0.2) is 95.1 Å². The first-order chi connectivity index (χ1) is 20.5. The number of benzene rings is 3. The second-order valence-corrected chi connectivity index (χ2v) is 14.8. The van der Waals surface area contributed by atoms with Gasteiger partial charge in [-0.3, -0.25) is 4.79 Å². The smallest absolute Gasteiger partial charge is 0.275 e. The third-order valence-corrected chi connectivity index (χ3v) is 11.0. The van der Waals surface area contributed by atoms with Gasteiger partial charge in [-0.1, -0.05) is 71.8 Å². The molecule has 43 heavy (non-hydrogen) atoms. The summed E-state index contributed by atoms with van der Waals surface area (Å²) in [7, 11) is -7.66. The maximum Gasteiger partial charge on any atom is 0.275 e. The molecular weight excluding hydrogens is 608 g/mol. The highest BCUT2D eigenvalue weighted by molar-refractivity contribution is 7.90. The van der Waals surface area contributed by atoms with Gasteiger partial charge in [-0.05, 0) is 67.5 Å². The van der Waals surface area contributed by atoms with Crippen molar-refractivity contribution in [2.45, 2.75) is 42.0 Å². The average Bonchev–Trinajstić information content (AvgIpc) is 2.98. The molecule has 2 heterocycles. The molecule has 4 aromatic rings. The topological polar surface area (TPSA) is 126 Å². The van der Waals surface area contributed by atoms with Crippen molar-refractivity contribution < 1.29 is 21.6 Å². The Morgan fingerprint density at radius 3 is 2.28 bits per heavy atom. The predicted molar refractivity (Wildman–Crippen MR) is 165 cm³/mol. The molecule has 1 amide bonds. The number of carbonyl (C=O) groups excluding carboxylic acids is 1. The molecule has 0 unspecified atom stereocenters. The molecule has 0 atom stereocenters. The number of aryl methyl sites for hydroxylation is 1. The summed E-state index contributed by atoms with van der Waals surface area (Å²) in [5.74, 6) is -0.661. The summed E-state index contributed by atoms with van der Waals surface area (Å²) in [6.45, 7) is 2.74. The Hall–Kier alpha value is -3.64. The van der Waals surface area contributed by atoms with E-state index in [1.807, 2.05) is 31.2 Å². The van der Waals surface area contributed by atoms with Gasteiger partial charge >= 0.3 is 0 Å². The van der Waals surface area contributed by atoms with Crippen molar-refractivity contribution in [3.05, 3.63) is 112 Å². The summed E-state index contributed by atoms with van der Waals surface area (Å²) in [6, 6.07) is 23.0. The number of rotatable bonds is 9. The second-order valence-electron chi connectivity index (χ2n) is 10.6. The molecular formula is C31H31ClN4O5S2. The summed E-state index contributed by atoms with van der Waals surface area (Å²) in [5.41, 5.74) is 2.71. The largest absolute Gasteiger partial charge is 0.321 e. The molecule has 1 fully saturated rings. The van der Waals surface area contributed by atoms with E-state index in [9.17, 15) is 21.6 Å². The SMILES string of the molecule is Cc1cccc(CS(=O)(=O)c2ncc(Cl)c(C(=O)Nc3ccc(S(=O)(=O)N4CCC(Cc5ccccc5)CC4)cc3)n2)c1. The summed E-state index contributed by atoms with van der Waals surface area (Å²) < 4.78 is 54.0. The van der Waals surface area contributed by atoms with Crippen LogP contribution in [0.1, 0.15) is 40.0 Å². The summed E-state index contributed by atoms with van der Waals surface area (Å²) in [6.07, 6.45) is 3.57. The van der Waals surface area contributed by atoms with E-state index in [0.29, 0.717) is 30.3 Å². The van der Waals surface area contributed by atoms with Crippen LogP contribution in [0.5, 0.6) is 0 Å². The number of piperidine rings is 1. The van der Waals surface area contributed by atoms with Crippen molar-refractivity contribution in [1.82, 2.24) is 14.3 Å². The quantitative estimate of drug-likeness (QED) is 0.246. The molecule has 0 aliphatic carbocycles. The molecule has 5 rings (SSSR count). The molecule has 0 bridgehead atoms. The van der Waals surface area contributed by atoms with Gasteiger partial charge in [0.25, 0.3) is 5.91 Å². The van der Waals surface area contributed by atoms with E-state index < -0.39 is 30.9 Å². The van der Waals surface area contributed by atoms with E-state index in [2.05, 4.69) is 27.4 Å². The monoisotopic (exact) mass is 638 g/mol. The van der Waals surface area contributed by atoms with Gasteiger partial charge in [-0.2, -0.15) is 4.31 Å². The fourth-order valence-electron chi connectivity index (χ4n) is 5.10. The zero-order chi connectivity index (χ0) is 30.6. The molecule has 1 N–H and O–H groups in total. The number of carbonyl (C=O) groups is 1. The molecule has 0 spiro atoms. The lowest BCUT2D eigenvalue weighted by Crippen LogP contribution is -2.38. The van der Waals surface area contributed by atoms with Gasteiger partial charge in [0.1, 0.15) is 0 Å². The Balaban J connectivity index is 1.23. The number of hydrogen-bond donors (Lipinski definition) is 1. The van der Waals surface area contributed by atoms with Crippen LogP contribution in [0.25, 0.3) is 0 Å². The van der Waals surface area contributed by atoms with E-state index in [4.69, 9.17) is 11.6 Å². The number of sulfonamides is 1. The van der Waals surface area contributed by atoms with Crippen molar-refractivity contribution in [3.63, 3.8) is 0 Å². The number of amides is 1. The fraction of sp³-hybridized carbons (Fsp3) is 0.258. The number of nitrogens with one attached hydrogen (secondary N) is 1. The molecule has 1 aliphatic rings. The Bertz CT molecular complexity index is 1830. The van der Waals surface area contributed by atoms with Crippen LogP contribution in [0.2, 0.25) is 5.02 Å². The molecule has 0 saturated carbocycles. The summed E-state index contributed by atoms with van der Waals surface area (Å²) in [4.78, 5) is 20.9. The van der Waals surface area contributed by atoms with Crippen LogP contribution in [-0.4, -0.2) is 50.1 Å². The third kappa shape index (κ3) is 7.48. The van der Waals surface area contributed by atoms with E-state index in [-0.39, 0.29) is 21.4 Å². The molecule has 3 aromatic carbocycles. The Morgan fingerprint density at radius 1 is 0.930 bits per heavy atom. The van der Waals surface area contributed by atoms with Crippen molar-refractivity contribution in [2.75, 3.05) is 18.4 Å². The lowest BCUT2D eigenvalue weighted by molar-refractivity contribution is 0.102. The van der Waals surface area contributed by atoms with Crippen molar-refractivity contribution in [1.29, 1.82) is 0 Å². The van der Waals surface area contributed by atoms with E-state index >= 15 is 0 Å². The molecule has 1 aromatic heterocycles. The first-order valence-corrected chi connectivity index (χ1v) is 17.2. The van der Waals surface area contributed by atoms with Crippen molar-refractivity contribution in [2.24, 2.45) is 5.92 Å². The standard InChI is InChI=1S/C31H31ClN4O5S2/c1-22-6-5-9-25(18-22)21-42(38,39)31-33-20-28(32)29(35-31)30(37)34-26-10-12-27(13-11-26)43(40,41)36-16-14-24(15-17-36)19-23-7-3-2-4-8-23/h2-13,18,20,24H,14-17,19,21H2,1H3,(H,34,37). The molecule has 0 radical (unpaired) electrons. The highest BCUT2D eigenvalue weighted by atomic mass is 35.5. The zero-order valence-corrected chi connectivity index (χ0v) is 25.9. The summed E-state index contributed by atoms with van der Waals surface area (Å²) in [5, 5.41) is 1.97. The molecule has 12 heteroatoms. The number of aromatic nitrogens is 2. The molecule has 1 aliphatic heterocycles. The van der Waals surface area contributed by atoms with E-state index in [1.165, 1.54) is 34.1 Å². The minimum Gasteiger partial charge on any atom is -0.321 e. The maximum atomic E-state index is 13.3. The van der Waals surface area contributed by atoms with E-state index in [0.717, 1.165) is 31.0 Å². The first kappa shape index (κ1) is 30.8. The van der Waals surface area contributed by atoms with Gasteiger partial charge in [0.2, 0.25) is 25.0 Å². The number of sulfone groups is 1. The van der Waals surface area contributed by atoms with Crippen LogP contribution in [0, 0.1) is 12.8 Å². The minimum absolute atomic E-state index is 0.122. The van der Waals surface area contributed by atoms with Gasteiger partial charge in [-0.25, -0.2) is 26.8 Å². The van der Waals surface area contributed by atoms with Crippen molar-refractivity contribution in [3.8, 4) is 0 Å².